The number of hydrogen-bond donors (Lipinski definition) is 2. The molecule has 0 unspecified atom stereocenters. The highest BCUT2D eigenvalue weighted by Gasteiger charge is 2.38. The molecule has 0 aromatic carbocycles. The Bertz CT molecular complexity index is 800. The molecule has 7 nitrogen and oxygen atoms in total. The fourth-order valence-corrected chi connectivity index (χ4v) is 4.92. The molecule has 4 rings (SSSR count). The molecule has 2 aromatic heterocycles. The van der Waals surface area contributed by atoms with E-state index in [2.05, 4.69) is 32.7 Å². The summed E-state index contributed by atoms with van der Waals surface area (Å²) < 4.78 is 2.00. The number of guanidine groups is 1. The first-order valence-corrected chi connectivity index (χ1v) is 11.4. The van der Waals surface area contributed by atoms with Gasteiger partial charge in [0.1, 0.15) is 6.54 Å². The van der Waals surface area contributed by atoms with Crippen molar-refractivity contribution in [1.82, 2.24) is 30.1 Å². The number of nitrogens with one attached hydrogen (secondary N) is 2. The van der Waals surface area contributed by atoms with Crippen molar-refractivity contribution in [2.45, 2.75) is 70.4 Å². The van der Waals surface area contributed by atoms with Gasteiger partial charge >= 0.3 is 0 Å². The Morgan fingerprint density at radius 2 is 1.83 bits per heavy atom. The van der Waals surface area contributed by atoms with E-state index in [1.54, 1.807) is 0 Å². The minimum absolute atomic E-state index is 0.288. The lowest BCUT2D eigenvalue weighted by molar-refractivity contribution is 0.0368. The molecule has 1 saturated carbocycles. The van der Waals surface area contributed by atoms with Gasteiger partial charge < -0.3 is 10.6 Å². The first-order chi connectivity index (χ1) is 14.3. The lowest BCUT2D eigenvalue weighted by atomic mass is 9.79. The Hall–Kier alpha value is -2.15. The van der Waals surface area contributed by atoms with Crippen LogP contribution in [-0.4, -0.2) is 57.2 Å². The minimum Gasteiger partial charge on any atom is -0.357 e. The fourth-order valence-electron chi connectivity index (χ4n) is 4.92. The summed E-state index contributed by atoms with van der Waals surface area (Å²) in [5.41, 5.74) is 1.15. The van der Waals surface area contributed by atoms with Crippen LogP contribution < -0.4 is 10.6 Å². The molecule has 1 aliphatic heterocycles. The smallest absolute Gasteiger partial charge is 0.191 e. The van der Waals surface area contributed by atoms with Gasteiger partial charge in [-0.25, -0.2) is 4.99 Å². The Kier molecular flexibility index (Phi) is 6.64. The second kappa shape index (κ2) is 9.57. The van der Waals surface area contributed by atoms with Crippen LogP contribution in [0.15, 0.2) is 29.4 Å². The van der Waals surface area contributed by atoms with Crippen LogP contribution in [0.4, 0.5) is 0 Å². The number of pyridine rings is 1. The van der Waals surface area contributed by atoms with Gasteiger partial charge in [0, 0.05) is 24.8 Å². The van der Waals surface area contributed by atoms with Crippen molar-refractivity contribution in [3.05, 3.63) is 30.2 Å². The van der Waals surface area contributed by atoms with Crippen molar-refractivity contribution in [3.8, 4) is 0 Å². The molecule has 2 N–H and O–H groups in total. The molecule has 1 saturated heterocycles. The zero-order valence-electron chi connectivity index (χ0n) is 17.7. The molecule has 0 bridgehead atoms. The van der Waals surface area contributed by atoms with Gasteiger partial charge in [-0.05, 0) is 57.8 Å². The SMILES string of the molecule is CCNC(=NCc1nnc2ccccn12)NCC1(N2CCCCC2)CCCCC1. The van der Waals surface area contributed by atoms with Crippen molar-refractivity contribution < 1.29 is 0 Å². The summed E-state index contributed by atoms with van der Waals surface area (Å²) >= 11 is 0. The topological polar surface area (TPSA) is 69.8 Å². The van der Waals surface area contributed by atoms with Crippen molar-refractivity contribution in [1.29, 1.82) is 0 Å². The van der Waals surface area contributed by atoms with Gasteiger partial charge in [0.05, 0.1) is 0 Å². The highest BCUT2D eigenvalue weighted by atomic mass is 15.3. The fraction of sp³-hybridized carbons (Fsp3) is 0.682. The van der Waals surface area contributed by atoms with Crippen molar-refractivity contribution >= 4 is 11.6 Å². The molecular weight excluding hydrogens is 362 g/mol. The molecule has 2 fully saturated rings. The van der Waals surface area contributed by atoms with Crippen LogP contribution in [-0.2, 0) is 6.54 Å². The maximum absolute atomic E-state index is 4.82. The van der Waals surface area contributed by atoms with E-state index < -0.39 is 0 Å². The molecule has 0 spiro atoms. The first-order valence-electron chi connectivity index (χ1n) is 11.4. The highest BCUT2D eigenvalue weighted by molar-refractivity contribution is 5.79. The first kappa shape index (κ1) is 20.1. The predicted molar refractivity (Wildman–Crippen MR) is 117 cm³/mol. The van der Waals surface area contributed by atoms with E-state index in [1.807, 2.05) is 28.8 Å². The third-order valence-electron chi connectivity index (χ3n) is 6.50. The van der Waals surface area contributed by atoms with Gasteiger partial charge in [-0.15, -0.1) is 10.2 Å². The van der Waals surface area contributed by atoms with E-state index >= 15 is 0 Å². The largest absolute Gasteiger partial charge is 0.357 e. The summed E-state index contributed by atoms with van der Waals surface area (Å²) in [6.45, 7) is 6.95. The molecule has 158 valence electrons. The molecular formula is C22H35N7. The standard InChI is InChI=1S/C22H35N7/c1-2-23-21(24-17-20-27-26-19-11-5-10-16-29(19)20)25-18-22(12-6-3-7-13-22)28-14-8-4-9-15-28/h5,10-11,16H,2-4,6-9,12-15,17-18H2,1H3,(H2,23,24,25). The summed E-state index contributed by atoms with van der Waals surface area (Å²) in [5.74, 6) is 1.74. The van der Waals surface area contributed by atoms with E-state index in [1.165, 1.54) is 64.5 Å². The maximum Gasteiger partial charge on any atom is 0.191 e. The molecule has 3 heterocycles. The lowest BCUT2D eigenvalue weighted by Crippen LogP contribution is -2.59. The zero-order chi connectivity index (χ0) is 19.9. The number of fused-ring (bicyclic) bond motifs is 1. The van der Waals surface area contributed by atoms with Crippen LogP contribution in [0.2, 0.25) is 0 Å². The molecule has 1 aliphatic carbocycles. The van der Waals surface area contributed by atoms with Gasteiger partial charge in [0.2, 0.25) is 0 Å². The normalized spacial score (nSPS) is 20.7. The molecule has 29 heavy (non-hydrogen) atoms. The number of aromatic nitrogens is 3. The summed E-state index contributed by atoms with van der Waals surface area (Å²) in [7, 11) is 0. The minimum atomic E-state index is 0.288. The predicted octanol–water partition coefficient (Wildman–Crippen LogP) is 2.97. The van der Waals surface area contributed by atoms with Crippen LogP contribution in [0.25, 0.3) is 5.65 Å². The van der Waals surface area contributed by atoms with Gasteiger partial charge in [0.25, 0.3) is 0 Å². The molecule has 0 amide bonds. The number of hydrogen-bond acceptors (Lipinski definition) is 4. The van der Waals surface area contributed by atoms with E-state index in [-0.39, 0.29) is 5.54 Å². The van der Waals surface area contributed by atoms with Crippen molar-refractivity contribution in [2.24, 2.45) is 4.99 Å². The molecule has 2 aliphatic rings. The summed E-state index contributed by atoms with van der Waals surface area (Å²) in [5, 5.41) is 15.6. The second-order valence-electron chi connectivity index (χ2n) is 8.43. The van der Waals surface area contributed by atoms with Crippen LogP contribution in [0, 0.1) is 0 Å². The summed E-state index contributed by atoms with van der Waals surface area (Å²) in [6, 6.07) is 5.94. The van der Waals surface area contributed by atoms with Crippen LogP contribution in [0.5, 0.6) is 0 Å². The maximum atomic E-state index is 4.82. The van der Waals surface area contributed by atoms with Gasteiger partial charge in [-0.2, -0.15) is 0 Å². The van der Waals surface area contributed by atoms with Gasteiger partial charge in [-0.1, -0.05) is 31.7 Å². The van der Waals surface area contributed by atoms with Crippen molar-refractivity contribution in [3.63, 3.8) is 0 Å². The number of piperidine rings is 1. The van der Waals surface area contributed by atoms with E-state index in [0.717, 1.165) is 30.5 Å². The molecule has 0 atom stereocenters. The van der Waals surface area contributed by atoms with Crippen LogP contribution in [0.3, 0.4) is 0 Å². The Morgan fingerprint density at radius 1 is 1.03 bits per heavy atom. The van der Waals surface area contributed by atoms with Gasteiger partial charge in [-0.3, -0.25) is 9.30 Å². The number of rotatable bonds is 6. The molecule has 2 aromatic rings. The molecule has 7 heteroatoms. The average molecular weight is 398 g/mol. The Morgan fingerprint density at radius 3 is 2.62 bits per heavy atom. The summed E-state index contributed by atoms with van der Waals surface area (Å²) in [6.07, 6.45) is 12.7. The second-order valence-corrected chi connectivity index (χ2v) is 8.43. The van der Waals surface area contributed by atoms with Crippen LogP contribution >= 0.6 is 0 Å². The number of aliphatic imine (C=N–C) groups is 1. The number of nitrogens with zero attached hydrogens (tertiary/aromatic N) is 5. The third kappa shape index (κ3) is 4.71. The van der Waals surface area contributed by atoms with E-state index in [9.17, 15) is 0 Å². The Balaban J connectivity index is 1.45. The van der Waals surface area contributed by atoms with Crippen molar-refractivity contribution in [2.75, 3.05) is 26.2 Å². The van der Waals surface area contributed by atoms with E-state index in [4.69, 9.17) is 4.99 Å². The lowest BCUT2D eigenvalue weighted by Gasteiger charge is -2.48. The monoisotopic (exact) mass is 397 g/mol. The summed E-state index contributed by atoms with van der Waals surface area (Å²) in [4.78, 5) is 7.60. The Labute approximate surface area is 174 Å². The number of likely N-dealkylation sites (tertiary alicyclic amines) is 1. The van der Waals surface area contributed by atoms with Gasteiger partial charge in [0.15, 0.2) is 17.4 Å². The third-order valence-corrected chi connectivity index (χ3v) is 6.50. The molecule has 0 radical (unpaired) electrons. The quantitative estimate of drug-likeness (QED) is 0.579. The highest BCUT2D eigenvalue weighted by Crippen LogP contribution is 2.35. The van der Waals surface area contributed by atoms with Crippen LogP contribution in [0.1, 0.15) is 64.1 Å². The zero-order valence-corrected chi connectivity index (χ0v) is 17.7. The average Bonchev–Trinajstić information content (AvgIpc) is 3.20. The van der Waals surface area contributed by atoms with E-state index in [0.29, 0.717) is 6.54 Å².